The summed E-state index contributed by atoms with van der Waals surface area (Å²) in [6.45, 7) is 0.595. The van der Waals surface area contributed by atoms with E-state index in [1.54, 1.807) is 12.1 Å². The molecule has 0 saturated carbocycles. The molecule has 1 fully saturated rings. The molecule has 2 heterocycles. The lowest BCUT2D eigenvalue weighted by atomic mass is 9.95. The van der Waals surface area contributed by atoms with Gasteiger partial charge in [0.15, 0.2) is 0 Å². The number of rotatable bonds is 5. The Morgan fingerprint density at radius 1 is 1.45 bits per heavy atom. The van der Waals surface area contributed by atoms with E-state index in [0.29, 0.717) is 18.5 Å². The maximum atomic E-state index is 12.7. The van der Waals surface area contributed by atoms with Crippen LogP contribution in [0.5, 0.6) is 0 Å². The molecule has 1 saturated heterocycles. The van der Waals surface area contributed by atoms with Crippen molar-refractivity contribution < 1.29 is 14.3 Å². The molecule has 7 heteroatoms. The predicted molar refractivity (Wildman–Crippen MR) is 82.6 cm³/mol. The van der Waals surface area contributed by atoms with Crippen LogP contribution in [-0.2, 0) is 9.53 Å². The third-order valence-electron chi connectivity index (χ3n) is 4.03. The first-order valence-electron chi connectivity index (χ1n) is 7.16. The molecule has 1 atom stereocenters. The number of likely N-dealkylation sites (tertiary alicyclic amines) is 1. The van der Waals surface area contributed by atoms with Gasteiger partial charge >= 0.3 is 0 Å². The third kappa shape index (κ3) is 2.76. The number of carbonyl (C=O) groups is 2. The fourth-order valence-electron chi connectivity index (χ4n) is 2.82. The second kappa shape index (κ2) is 6.31. The van der Waals surface area contributed by atoms with Crippen molar-refractivity contribution in [2.45, 2.75) is 18.4 Å². The average molecular weight is 306 g/mol. The van der Waals surface area contributed by atoms with Crippen molar-refractivity contribution in [3.05, 3.63) is 23.9 Å². The number of primary amides is 1. The lowest BCUT2D eigenvalue weighted by Gasteiger charge is -2.35. The summed E-state index contributed by atoms with van der Waals surface area (Å²) in [5.41, 5.74) is 4.93. The van der Waals surface area contributed by atoms with E-state index in [0.717, 1.165) is 12.2 Å². The molecule has 0 radical (unpaired) electrons. The quantitative estimate of drug-likeness (QED) is 0.842. The van der Waals surface area contributed by atoms with Crippen molar-refractivity contribution in [3.63, 3.8) is 0 Å². The van der Waals surface area contributed by atoms with Crippen LogP contribution in [0.15, 0.2) is 18.3 Å². The third-order valence-corrected chi connectivity index (χ3v) is 4.03. The van der Waals surface area contributed by atoms with Gasteiger partial charge in [-0.2, -0.15) is 0 Å². The Balaban J connectivity index is 2.28. The van der Waals surface area contributed by atoms with Crippen LogP contribution in [0.2, 0.25) is 0 Å². The van der Waals surface area contributed by atoms with Crippen molar-refractivity contribution in [1.82, 2.24) is 9.88 Å². The van der Waals surface area contributed by atoms with Gasteiger partial charge in [-0.25, -0.2) is 4.98 Å². The smallest absolute Gasteiger partial charge is 0.256 e. The van der Waals surface area contributed by atoms with Gasteiger partial charge in [-0.1, -0.05) is 0 Å². The van der Waals surface area contributed by atoms with Gasteiger partial charge in [-0.15, -0.1) is 0 Å². The van der Waals surface area contributed by atoms with Gasteiger partial charge in [-0.3, -0.25) is 9.59 Å². The number of carbonyl (C=O) groups excluding carboxylic acids is 2. The van der Waals surface area contributed by atoms with Gasteiger partial charge in [0.1, 0.15) is 11.4 Å². The summed E-state index contributed by atoms with van der Waals surface area (Å²) in [5, 5.41) is 0. The molecule has 0 aromatic carbocycles. The Morgan fingerprint density at radius 3 is 2.68 bits per heavy atom. The molecule has 120 valence electrons. The van der Waals surface area contributed by atoms with Crippen LogP contribution in [0, 0.1) is 0 Å². The standard InChI is InChI=1S/C15H22N4O3/c1-18(2)12-6-5-11(9-17-12)13(20)19-8-4-7-15(19,10-22-3)14(16)21/h5-6,9H,4,7-8,10H2,1-3H3,(H2,16,21). The molecule has 0 bridgehead atoms. The number of hydrogen-bond acceptors (Lipinski definition) is 5. The van der Waals surface area contributed by atoms with E-state index in [-0.39, 0.29) is 12.5 Å². The zero-order chi connectivity index (χ0) is 16.3. The maximum absolute atomic E-state index is 12.7. The summed E-state index contributed by atoms with van der Waals surface area (Å²) in [6, 6.07) is 3.48. The summed E-state index contributed by atoms with van der Waals surface area (Å²) >= 11 is 0. The Hall–Kier alpha value is -2.15. The van der Waals surface area contributed by atoms with Crippen molar-refractivity contribution in [1.29, 1.82) is 0 Å². The number of aromatic nitrogens is 1. The number of anilines is 1. The highest BCUT2D eigenvalue weighted by molar-refractivity contribution is 5.99. The topological polar surface area (TPSA) is 88.8 Å². The number of nitrogens with two attached hydrogens (primary N) is 1. The summed E-state index contributed by atoms with van der Waals surface area (Å²) in [4.78, 5) is 32.3. The van der Waals surface area contributed by atoms with Gasteiger partial charge in [-0.05, 0) is 25.0 Å². The number of methoxy groups -OCH3 is 1. The first kappa shape index (κ1) is 16.2. The molecule has 0 aliphatic carbocycles. The number of nitrogens with zero attached hydrogens (tertiary/aromatic N) is 3. The van der Waals surface area contributed by atoms with Crippen LogP contribution < -0.4 is 10.6 Å². The molecule has 1 aliphatic heterocycles. The fraction of sp³-hybridized carbons (Fsp3) is 0.533. The van der Waals surface area contributed by atoms with E-state index in [4.69, 9.17) is 10.5 Å². The summed E-state index contributed by atoms with van der Waals surface area (Å²) in [5.74, 6) is -0.0137. The second-order valence-electron chi connectivity index (χ2n) is 5.69. The highest BCUT2D eigenvalue weighted by atomic mass is 16.5. The Bertz CT molecular complexity index is 558. The molecule has 1 unspecified atom stereocenters. The number of hydrogen-bond donors (Lipinski definition) is 1. The van der Waals surface area contributed by atoms with Crippen LogP contribution in [0.3, 0.4) is 0 Å². The molecular weight excluding hydrogens is 284 g/mol. The SMILES string of the molecule is COCC1(C(N)=O)CCCN1C(=O)c1ccc(N(C)C)nc1. The minimum Gasteiger partial charge on any atom is -0.382 e. The average Bonchev–Trinajstić information content (AvgIpc) is 2.92. The maximum Gasteiger partial charge on any atom is 0.256 e. The Labute approximate surface area is 130 Å². The van der Waals surface area contributed by atoms with E-state index in [1.165, 1.54) is 18.2 Å². The Morgan fingerprint density at radius 2 is 2.18 bits per heavy atom. The van der Waals surface area contributed by atoms with Crippen LogP contribution in [-0.4, -0.2) is 61.6 Å². The molecule has 2 rings (SSSR count). The van der Waals surface area contributed by atoms with Gasteiger partial charge in [0.05, 0.1) is 12.2 Å². The Kier molecular flexibility index (Phi) is 4.65. The highest BCUT2D eigenvalue weighted by Gasteiger charge is 2.48. The van der Waals surface area contributed by atoms with Gasteiger partial charge in [0.2, 0.25) is 5.91 Å². The molecule has 0 spiro atoms. The van der Waals surface area contributed by atoms with E-state index >= 15 is 0 Å². The van der Waals surface area contributed by atoms with Crippen LogP contribution >= 0.6 is 0 Å². The monoisotopic (exact) mass is 306 g/mol. The number of amides is 2. The molecule has 7 nitrogen and oxygen atoms in total. The molecule has 2 amide bonds. The van der Waals surface area contributed by atoms with Crippen LogP contribution in [0.4, 0.5) is 5.82 Å². The van der Waals surface area contributed by atoms with Crippen molar-refractivity contribution in [2.24, 2.45) is 5.73 Å². The predicted octanol–water partition coefficient (Wildman–Crippen LogP) is 0.254. The highest BCUT2D eigenvalue weighted by Crippen LogP contribution is 2.31. The van der Waals surface area contributed by atoms with Crippen molar-refractivity contribution in [2.75, 3.05) is 39.3 Å². The molecule has 2 N–H and O–H groups in total. The lowest BCUT2D eigenvalue weighted by Crippen LogP contribution is -2.58. The number of pyridine rings is 1. The molecule has 22 heavy (non-hydrogen) atoms. The van der Waals surface area contributed by atoms with Crippen LogP contribution in [0.25, 0.3) is 0 Å². The molecule has 1 aromatic rings. The minimum absolute atomic E-state index is 0.108. The van der Waals surface area contributed by atoms with Crippen LogP contribution in [0.1, 0.15) is 23.2 Å². The molecule has 1 aliphatic rings. The molecule has 1 aromatic heterocycles. The zero-order valence-electron chi connectivity index (χ0n) is 13.2. The van der Waals surface area contributed by atoms with E-state index in [2.05, 4.69) is 4.98 Å². The van der Waals surface area contributed by atoms with Crippen molar-refractivity contribution >= 4 is 17.6 Å². The summed E-state index contributed by atoms with van der Waals surface area (Å²) in [7, 11) is 5.25. The first-order chi connectivity index (χ1) is 10.4. The lowest BCUT2D eigenvalue weighted by molar-refractivity contribution is -0.130. The first-order valence-corrected chi connectivity index (χ1v) is 7.16. The summed E-state index contributed by atoms with van der Waals surface area (Å²) < 4.78 is 5.14. The van der Waals surface area contributed by atoms with E-state index in [1.807, 2.05) is 19.0 Å². The van der Waals surface area contributed by atoms with Gasteiger partial charge < -0.3 is 20.3 Å². The fourth-order valence-corrected chi connectivity index (χ4v) is 2.82. The van der Waals surface area contributed by atoms with Gasteiger partial charge in [0.25, 0.3) is 5.91 Å². The van der Waals surface area contributed by atoms with Gasteiger partial charge in [0, 0.05) is 33.9 Å². The molecular formula is C15H22N4O3. The number of ether oxygens (including phenoxy) is 1. The summed E-state index contributed by atoms with van der Waals surface area (Å²) in [6.07, 6.45) is 2.76. The second-order valence-corrected chi connectivity index (χ2v) is 5.69. The van der Waals surface area contributed by atoms with E-state index in [9.17, 15) is 9.59 Å². The minimum atomic E-state index is -1.06. The van der Waals surface area contributed by atoms with Crippen molar-refractivity contribution in [3.8, 4) is 0 Å². The normalized spacial score (nSPS) is 21.0. The zero-order valence-corrected chi connectivity index (χ0v) is 13.2. The van der Waals surface area contributed by atoms with E-state index < -0.39 is 11.4 Å². The largest absolute Gasteiger partial charge is 0.382 e.